The van der Waals surface area contributed by atoms with E-state index < -0.39 is 5.97 Å². The van der Waals surface area contributed by atoms with Crippen molar-refractivity contribution in [2.24, 2.45) is 5.92 Å². The van der Waals surface area contributed by atoms with Gasteiger partial charge in [-0.25, -0.2) is 0 Å². The van der Waals surface area contributed by atoms with E-state index in [0.29, 0.717) is 0 Å². The smallest absolute Gasteiger partial charge is 0.304 e. The monoisotopic (exact) mass is 209 g/mol. The van der Waals surface area contributed by atoms with Crippen molar-refractivity contribution in [3.63, 3.8) is 0 Å². The molecule has 2 N–H and O–H groups in total. The Kier molecular flexibility index (Phi) is 2.77. The van der Waals surface area contributed by atoms with Crippen molar-refractivity contribution in [1.29, 1.82) is 0 Å². The second kappa shape index (κ2) is 4.06. The number of hydrogen-bond donors (Lipinski definition) is 2. The first kappa shape index (κ1) is 10.2. The summed E-state index contributed by atoms with van der Waals surface area (Å²) in [6, 6.07) is 0. The molecule has 2 unspecified atom stereocenters. The molecule has 0 radical (unpaired) electrons. The second-order valence-electron chi connectivity index (χ2n) is 3.93. The Hall–Kier alpha value is -1.29. The molecule has 1 heterocycles. The average molecular weight is 209 g/mol. The number of allylic oxidation sites excluding steroid dienone is 1. The molecule has 2 atom stereocenters. The number of carboxylic acids is 1. The summed E-state index contributed by atoms with van der Waals surface area (Å²) in [5.41, 5.74) is 2.20. The van der Waals surface area contributed by atoms with Crippen LogP contribution >= 0.6 is 0 Å². The molecule has 2 aliphatic rings. The van der Waals surface area contributed by atoms with Gasteiger partial charge in [-0.2, -0.15) is 0 Å². The molecule has 0 saturated carbocycles. The molecule has 15 heavy (non-hydrogen) atoms. The zero-order valence-corrected chi connectivity index (χ0v) is 8.69. The predicted molar refractivity (Wildman–Crippen MR) is 55.3 cm³/mol. The van der Waals surface area contributed by atoms with Crippen molar-refractivity contribution >= 4 is 5.97 Å². The molecule has 1 saturated heterocycles. The summed E-state index contributed by atoms with van der Waals surface area (Å²) in [5.74, 6) is -0.657. The largest absolute Gasteiger partial charge is 0.481 e. The molecular formula is C11H15NO3. The van der Waals surface area contributed by atoms with E-state index in [4.69, 9.17) is 9.84 Å². The minimum Gasteiger partial charge on any atom is -0.481 e. The van der Waals surface area contributed by atoms with E-state index in [9.17, 15) is 4.79 Å². The minimum absolute atomic E-state index is 0.0895. The van der Waals surface area contributed by atoms with E-state index in [1.807, 2.05) is 6.08 Å². The summed E-state index contributed by atoms with van der Waals surface area (Å²) in [7, 11) is 1.68. The van der Waals surface area contributed by atoms with Crippen LogP contribution in [-0.4, -0.2) is 30.8 Å². The first-order valence-corrected chi connectivity index (χ1v) is 5.11. The molecule has 0 aromatic heterocycles. The fourth-order valence-electron chi connectivity index (χ4n) is 2.14. The maximum absolute atomic E-state index is 10.7. The van der Waals surface area contributed by atoms with Crippen molar-refractivity contribution in [2.75, 3.05) is 13.7 Å². The molecule has 2 rings (SSSR count). The molecular weight excluding hydrogens is 194 g/mol. The summed E-state index contributed by atoms with van der Waals surface area (Å²) >= 11 is 0. The molecule has 0 aromatic carbocycles. The van der Waals surface area contributed by atoms with Crippen molar-refractivity contribution in [3.05, 3.63) is 23.4 Å². The highest BCUT2D eigenvalue weighted by atomic mass is 16.5. The lowest BCUT2D eigenvalue weighted by atomic mass is 9.92. The summed E-state index contributed by atoms with van der Waals surface area (Å²) in [4.78, 5) is 10.7. The number of nitrogens with one attached hydrogen (secondary N) is 1. The maximum atomic E-state index is 10.7. The summed E-state index contributed by atoms with van der Waals surface area (Å²) in [5, 5.41) is 12.0. The van der Waals surface area contributed by atoms with E-state index in [-0.39, 0.29) is 18.4 Å². The van der Waals surface area contributed by atoms with Crippen LogP contribution in [0, 0.1) is 5.92 Å². The van der Waals surface area contributed by atoms with E-state index in [2.05, 4.69) is 11.4 Å². The van der Waals surface area contributed by atoms with Crippen LogP contribution < -0.4 is 5.32 Å². The van der Waals surface area contributed by atoms with Crippen molar-refractivity contribution in [1.82, 2.24) is 5.32 Å². The number of rotatable bonds is 3. The Labute approximate surface area is 88.6 Å². The molecule has 0 aromatic rings. The zero-order chi connectivity index (χ0) is 10.8. The molecule has 4 heteroatoms. The van der Waals surface area contributed by atoms with Gasteiger partial charge in [0, 0.05) is 25.3 Å². The van der Waals surface area contributed by atoms with Crippen LogP contribution in [0.25, 0.3) is 0 Å². The normalized spacial score (nSPS) is 28.9. The van der Waals surface area contributed by atoms with Gasteiger partial charge in [0.15, 0.2) is 0 Å². The Bertz CT molecular complexity index is 333. The van der Waals surface area contributed by atoms with E-state index >= 15 is 0 Å². The van der Waals surface area contributed by atoms with Gasteiger partial charge >= 0.3 is 5.97 Å². The molecule has 1 aliphatic carbocycles. The van der Waals surface area contributed by atoms with Gasteiger partial charge in [-0.1, -0.05) is 6.08 Å². The van der Waals surface area contributed by atoms with Crippen molar-refractivity contribution in [3.8, 4) is 0 Å². The van der Waals surface area contributed by atoms with Crippen LogP contribution in [0.3, 0.4) is 0 Å². The average Bonchev–Trinajstić information content (AvgIpc) is 2.60. The first-order valence-electron chi connectivity index (χ1n) is 5.11. The lowest BCUT2D eigenvalue weighted by Crippen LogP contribution is -2.15. The third-order valence-corrected chi connectivity index (χ3v) is 2.93. The minimum atomic E-state index is -0.747. The Morgan fingerprint density at radius 1 is 1.73 bits per heavy atom. The highest BCUT2D eigenvalue weighted by Gasteiger charge is 2.29. The molecule has 82 valence electrons. The van der Waals surface area contributed by atoms with E-state index in [1.165, 1.54) is 0 Å². The number of aliphatic carboxylic acids is 1. The van der Waals surface area contributed by atoms with Gasteiger partial charge in [0.1, 0.15) is 0 Å². The van der Waals surface area contributed by atoms with Gasteiger partial charge in [-0.15, -0.1) is 0 Å². The van der Waals surface area contributed by atoms with Gasteiger partial charge < -0.3 is 15.2 Å². The lowest BCUT2D eigenvalue weighted by molar-refractivity contribution is -0.137. The van der Waals surface area contributed by atoms with Crippen molar-refractivity contribution < 1.29 is 14.6 Å². The van der Waals surface area contributed by atoms with Gasteiger partial charge in [-0.3, -0.25) is 4.79 Å². The van der Waals surface area contributed by atoms with E-state index in [0.717, 1.165) is 24.2 Å². The molecule has 0 spiro atoms. The third kappa shape index (κ3) is 2.04. The molecule has 1 aliphatic heterocycles. The number of carbonyl (C=O) groups is 1. The first-order chi connectivity index (χ1) is 7.20. The maximum Gasteiger partial charge on any atom is 0.304 e. The highest BCUT2D eigenvalue weighted by molar-refractivity contribution is 5.68. The number of ether oxygens (including phenoxy) is 1. The fourth-order valence-corrected chi connectivity index (χ4v) is 2.14. The van der Waals surface area contributed by atoms with Crippen LogP contribution in [0.1, 0.15) is 12.8 Å². The predicted octanol–water partition coefficient (Wildman–Crippen LogP) is 0.909. The Morgan fingerprint density at radius 3 is 3.20 bits per heavy atom. The lowest BCUT2D eigenvalue weighted by Gasteiger charge is -2.18. The quantitative estimate of drug-likeness (QED) is 0.725. The SMILES string of the molecule is COC1C=C2C(=CC1)NCC2CC(=O)O. The fraction of sp³-hybridized carbons (Fsp3) is 0.545. The van der Waals surface area contributed by atoms with Crippen LogP contribution in [0.4, 0.5) is 0 Å². The highest BCUT2D eigenvalue weighted by Crippen LogP contribution is 2.31. The molecule has 4 nitrogen and oxygen atoms in total. The number of hydrogen-bond acceptors (Lipinski definition) is 3. The number of carboxylic acid groups (broad SMARTS) is 1. The topological polar surface area (TPSA) is 58.6 Å². The van der Waals surface area contributed by atoms with Gasteiger partial charge in [0.05, 0.1) is 12.5 Å². The van der Waals surface area contributed by atoms with Crippen molar-refractivity contribution in [2.45, 2.75) is 18.9 Å². The van der Waals surface area contributed by atoms with Crippen LogP contribution in [0.15, 0.2) is 23.4 Å². The second-order valence-corrected chi connectivity index (χ2v) is 3.93. The number of fused-ring (bicyclic) bond motifs is 1. The summed E-state index contributed by atoms with van der Waals surface area (Å²) < 4.78 is 5.26. The molecule has 0 amide bonds. The summed E-state index contributed by atoms with van der Waals surface area (Å²) in [6.07, 6.45) is 5.28. The Morgan fingerprint density at radius 2 is 2.53 bits per heavy atom. The van der Waals surface area contributed by atoms with Gasteiger partial charge in [0.25, 0.3) is 0 Å². The molecule has 1 fully saturated rings. The number of methoxy groups -OCH3 is 1. The van der Waals surface area contributed by atoms with Crippen LogP contribution in [0.2, 0.25) is 0 Å². The van der Waals surface area contributed by atoms with Crippen LogP contribution in [0.5, 0.6) is 0 Å². The van der Waals surface area contributed by atoms with Gasteiger partial charge in [0.2, 0.25) is 0 Å². The third-order valence-electron chi connectivity index (χ3n) is 2.93. The Balaban J connectivity index is 2.14. The summed E-state index contributed by atoms with van der Waals surface area (Å²) in [6.45, 7) is 0.723. The zero-order valence-electron chi connectivity index (χ0n) is 8.69. The van der Waals surface area contributed by atoms with Crippen LogP contribution in [-0.2, 0) is 9.53 Å². The standard InChI is InChI=1S/C11H15NO3/c1-15-8-2-3-10-9(5-8)7(6-12-10)4-11(13)14/h3,5,7-8,12H,2,4,6H2,1H3,(H,13,14). The van der Waals surface area contributed by atoms with E-state index in [1.54, 1.807) is 7.11 Å². The van der Waals surface area contributed by atoms with Gasteiger partial charge in [-0.05, 0) is 18.1 Å². The molecule has 0 bridgehead atoms.